The Morgan fingerprint density at radius 1 is 1.12 bits per heavy atom. The number of carbonyl (C=O) groups is 1. The van der Waals surface area contributed by atoms with Crippen molar-refractivity contribution in [1.29, 1.82) is 0 Å². The third-order valence-electron chi connectivity index (χ3n) is 5.42. The number of aliphatic carboxylic acids is 1. The van der Waals surface area contributed by atoms with E-state index in [4.69, 9.17) is 15.6 Å². The number of carboxylic acids is 1. The van der Waals surface area contributed by atoms with E-state index in [0.29, 0.717) is 24.2 Å². The number of halogens is 3. The van der Waals surface area contributed by atoms with Gasteiger partial charge >= 0.3 is 12.1 Å². The van der Waals surface area contributed by atoms with Crippen LogP contribution < -0.4 is 10.6 Å². The maximum Gasteiger partial charge on any atom is 0.490 e. The van der Waals surface area contributed by atoms with Crippen molar-refractivity contribution in [2.24, 2.45) is 11.7 Å². The number of alkyl halides is 3. The first-order valence-electron chi connectivity index (χ1n) is 10.3. The Bertz CT molecular complexity index is 1010. The van der Waals surface area contributed by atoms with E-state index in [1.54, 1.807) is 17.2 Å². The maximum absolute atomic E-state index is 10.6. The van der Waals surface area contributed by atoms with Gasteiger partial charge in [0.25, 0.3) is 0 Å². The number of anilines is 1. The average Bonchev–Trinajstić information content (AvgIpc) is 3.36. The van der Waals surface area contributed by atoms with Crippen LogP contribution in [0.5, 0.6) is 0 Å². The van der Waals surface area contributed by atoms with Gasteiger partial charge in [-0.1, -0.05) is 30.3 Å². The smallest absolute Gasteiger partial charge is 0.475 e. The molecule has 0 radical (unpaired) electrons. The van der Waals surface area contributed by atoms with Crippen LogP contribution in [0.15, 0.2) is 55.4 Å². The molecule has 3 aromatic rings. The molecule has 1 aromatic carbocycles. The lowest BCUT2D eigenvalue weighted by molar-refractivity contribution is -0.192. The van der Waals surface area contributed by atoms with Crippen LogP contribution in [0.25, 0.3) is 5.82 Å². The second kappa shape index (κ2) is 10.9. The quantitative estimate of drug-likeness (QED) is 0.592. The normalized spacial score (nSPS) is 15.5. The third-order valence-corrected chi connectivity index (χ3v) is 5.42. The van der Waals surface area contributed by atoms with Gasteiger partial charge in [0.2, 0.25) is 0 Å². The van der Waals surface area contributed by atoms with Gasteiger partial charge in [-0.3, -0.25) is 4.98 Å². The summed E-state index contributed by atoms with van der Waals surface area (Å²) in [7, 11) is 0. The lowest BCUT2D eigenvalue weighted by atomic mass is 9.80. The van der Waals surface area contributed by atoms with Gasteiger partial charge in [-0.2, -0.15) is 18.3 Å². The fraction of sp³-hybridized carbons (Fsp3) is 0.381. The third kappa shape index (κ3) is 6.48. The molecule has 1 aliphatic rings. The Kier molecular flexibility index (Phi) is 7.93. The molecule has 12 heteroatoms. The van der Waals surface area contributed by atoms with Crippen LogP contribution >= 0.6 is 0 Å². The Hall–Kier alpha value is -3.54. The average molecular weight is 463 g/mol. The Balaban J connectivity index is 0.000000383. The molecule has 0 spiro atoms. The van der Waals surface area contributed by atoms with Gasteiger partial charge in [-0.05, 0) is 36.8 Å². The topological polar surface area (TPSA) is 123 Å². The zero-order valence-electron chi connectivity index (χ0n) is 17.6. The molecule has 3 N–H and O–H groups in total. The van der Waals surface area contributed by atoms with E-state index in [1.807, 2.05) is 6.20 Å². The summed E-state index contributed by atoms with van der Waals surface area (Å²) in [6, 6.07) is 10.6. The summed E-state index contributed by atoms with van der Waals surface area (Å²) in [6.45, 7) is 2.61. The summed E-state index contributed by atoms with van der Waals surface area (Å²) in [4.78, 5) is 24.2. The van der Waals surface area contributed by atoms with E-state index in [-0.39, 0.29) is 0 Å². The van der Waals surface area contributed by atoms with Gasteiger partial charge < -0.3 is 15.7 Å². The number of benzene rings is 1. The summed E-state index contributed by atoms with van der Waals surface area (Å²) >= 11 is 0. The van der Waals surface area contributed by atoms with Gasteiger partial charge in [-0.15, -0.1) is 0 Å². The zero-order chi connectivity index (χ0) is 23.8. The lowest BCUT2D eigenvalue weighted by Gasteiger charge is -2.36. The molecule has 1 aliphatic heterocycles. The molecule has 176 valence electrons. The summed E-state index contributed by atoms with van der Waals surface area (Å²) < 4.78 is 33.4. The van der Waals surface area contributed by atoms with Crippen molar-refractivity contribution >= 4 is 11.8 Å². The molecule has 0 saturated carbocycles. The second-order valence-electron chi connectivity index (χ2n) is 7.46. The SMILES string of the molecule is NCC(c1ccccc1)C1CCN(c2cncc(-n3cncn3)n2)CC1.O=C(O)C(F)(F)F. The predicted octanol–water partition coefficient (Wildman–Crippen LogP) is 2.65. The number of hydrogen-bond donors (Lipinski definition) is 2. The van der Waals surface area contributed by atoms with Crippen molar-refractivity contribution in [2.45, 2.75) is 24.9 Å². The molecular weight excluding hydrogens is 439 g/mol. The number of rotatable bonds is 5. The molecule has 1 unspecified atom stereocenters. The van der Waals surface area contributed by atoms with Crippen LogP contribution in [-0.2, 0) is 4.79 Å². The maximum atomic E-state index is 10.6. The van der Waals surface area contributed by atoms with E-state index in [0.717, 1.165) is 31.7 Å². The fourth-order valence-corrected chi connectivity index (χ4v) is 3.77. The van der Waals surface area contributed by atoms with Gasteiger partial charge in [0.05, 0.1) is 12.4 Å². The van der Waals surface area contributed by atoms with Gasteiger partial charge in [0.15, 0.2) is 5.82 Å². The van der Waals surface area contributed by atoms with Crippen molar-refractivity contribution in [2.75, 3.05) is 24.5 Å². The van der Waals surface area contributed by atoms with Crippen molar-refractivity contribution in [3.8, 4) is 5.82 Å². The van der Waals surface area contributed by atoms with Crippen molar-refractivity contribution in [3.05, 3.63) is 60.9 Å². The first-order valence-corrected chi connectivity index (χ1v) is 10.3. The largest absolute Gasteiger partial charge is 0.490 e. The monoisotopic (exact) mass is 463 g/mol. The van der Waals surface area contributed by atoms with Crippen LogP contribution in [0.2, 0.25) is 0 Å². The van der Waals surface area contributed by atoms with E-state index in [2.05, 4.69) is 55.3 Å². The highest BCUT2D eigenvalue weighted by Gasteiger charge is 2.38. The van der Waals surface area contributed by atoms with Gasteiger partial charge in [0.1, 0.15) is 18.5 Å². The van der Waals surface area contributed by atoms with Crippen LogP contribution in [0.4, 0.5) is 19.0 Å². The molecule has 0 bridgehead atoms. The highest BCUT2D eigenvalue weighted by Crippen LogP contribution is 2.33. The predicted molar refractivity (Wildman–Crippen MR) is 114 cm³/mol. The number of nitrogens with two attached hydrogens (primary N) is 1. The molecule has 4 rings (SSSR count). The van der Waals surface area contributed by atoms with E-state index in [9.17, 15) is 13.2 Å². The number of aromatic nitrogens is 5. The summed E-state index contributed by atoms with van der Waals surface area (Å²) in [5.41, 5.74) is 7.45. The molecule has 1 saturated heterocycles. The summed E-state index contributed by atoms with van der Waals surface area (Å²) in [5.74, 6) is -0.157. The highest BCUT2D eigenvalue weighted by atomic mass is 19.4. The Morgan fingerprint density at radius 3 is 2.30 bits per heavy atom. The first kappa shape index (κ1) is 24.1. The van der Waals surface area contributed by atoms with E-state index in [1.165, 1.54) is 11.9 Å². The lowest BCUT2D eigenvalue weighted by Crippen LogP contribution is -2.37. The number of carboxylic acid groups (broad SMARTS) is 1. The Labute approximate surface area is 188 Å². The summed E-state index contributed by atoms with van der Waals surface area (Å²) in [5, 5.41) is 11.2. The number of hydrogen-bond acceptors (Lipinski definition) is 7. The zero-order valence-corrected chi connectivity index (χ0v) is 17.6. The summed E-state index contributed by atoms with van der Waals surface area (Å²) in [6.07, 6.45) is 3.77. The molecule has 0 amide bonds. The van der Waals surface area contributed by atoms with Crippen LogP contribution in [0.3, 0.4) is 0 Å². The minimum atomic E-state index is -5.08. The molecule has 0 aliphatic carbocycles. The van der Waals surface area contributed by atoms with Crippen molar-refractivity contribution in [3.63, 3.8) is 0 Å². The van der Waals surface area contributed by atoms with E-state index >= 15 is 0 Å². The Morgan fingerprint density at radius 2 is 1.76 bits per heavy atom. The molecule has 33 heavy (non-hydrogen) atoms. The fourth-order valence-electron chi connectivity index (χ4n) is 3.77. The van der Waals surface area contributed by atoms with Gasteiger partial charge in [-0.25, -0.2) is 19.4 Å². The van der Waals surface area contributed by atoms with Gasteiger partial charge in [0, 0.05) is 13.1 Å². The van der Waals surface area contributed by atoms with Crippen molar-refractivity contribution < 1.29 is 23.1 Å². The molecular formula is C21H24F3N7O2. The van der Waals surface area contributed by atoms with Crippen LogP contribution in [0, 0.1) is 5.92 Å². The molecule has 3 heterocycles. The molecule has 9 nitrogen and oxygen atoms in total. The minimum absolute atomic E-state index is 0.422. The van der Waals surface area contributed by atoms with E-state index < -0.39 is 12.1 Å². The number of piperidine rings is 1. The highest BCUT2D eigenvalue weighted by molar-refractivity contribution is 5.73. The first-order chi connectivity index (χ1) is 15.8. The molecule has 2 aromatic heterocycles. The minimum Gasteiger partial charge on any atom is -0.475 e. The standard InChI is InChI=1S/C19H23N7.C2HF3O2/c20-10-17(15-4-2-1-3-5-15)16-6-8-25(9-7-16)18-11-21-12-19(24-18)26-14-22-13-23-26;3-2(4,5)1(6)7/h1-5,11-14,16-17H,6-10,20H2;(H,6,7). The molecule has 1 atom stereocenters. The van der Waals surface area contributed by atoms with Crippen LogP contribution in [0.1, 0.15) is 24.3 Å². The van der Waals surface area contributed by atoms with Crippen molar-refractivity contribution in [1.82, 2.24) is 24.7 Å². The van der Waals surface area contributed by atoms with Crippen LogP contribution in [-0.4, -0.2) is 61.6 Å². The molecule has 1 fully saturated rings. The second-order valence-corrected chi connectivity index (χ2v) is 7.46. The number of nitrogens with zero attached hydrogens (tertiary/aromatic N) is 6.